The van der Waals surface area contributed by atoms with Gasteiger partial charge in [0.15, 0.2) is 0 Å². The van der Waals surface area contributed by atoms with Gasteiger partial charge in [0, 0.05) is 17.9 Å². The zero-order chi connectivity index (χ0) is 15.2. The quantitative estimate of drug-likeness (QED) is 0.905. The van der Waals surface area contributed by atoms with Gasteiger partial charge in [0.25, 0.3) is 0 Å². The number of para-hydroxylation sites is 1. The van der Waals surface area contributed by atoms with Gasteiger partial charge in [0.2, 0.25) is 5.91 Å². The number of benzene rings is 2. The molecule has 1 amide bonds. The number of carbonyl (C=O) groups is 1. The fraction of sp³-hybridized carbons (Fsp3) is 0.278. The van der Waals surface area contributed by atoms with Crippen LogP contribution in [-0.2, 0) is 4.79 Å². The minimum Gasteiger partial charge on any atom is -0.362 e. The second kappa shape index (κ2) is 6.93. The Hall–Kier alpha value is -2.29. The molecule has 0 fully saturated rings. The first kappa shape index (κ1) is 15.1. The molecule has 0 aliphatic carbocycles. The predicted molar refractivity (Wildman–Crippen MR) is 88.9 cm³/mol. The van der Waals surface area contributed by atoms with Crippen molar-refractivity contribution in [3.05, 3.63) is 59.7 Å². The smallest absolute Gasteiger partial charge is 0.243 e. The maximum atomic E-state index is 12.2. The van der Waals surface area contributed by atoms with Crippen LogP contribution in [-0.4, -0.2) is 19.0 Å². The molecule has 0 bridgehead atoms. The lowest BCUT2D eigenvalue weighted by Crippen LogP contribution is -2.33. The number of anilines is 2. The second-order valence-corrected chi connectivity index (χ2v) is 5.20. The molecule has 2 aromatic rings. The molecule has 0 aromatic heterocycles. The van der Waals surface area contributed by atoms with Crippen LogP contribution in [0.15, 0.2) is 48.5 Å². The summed E-state index contributed by atoms with van der Waals surface area (Å²) in [6.07, 6.45) is 0. The number of rotatable bonds is 5. The van der Waals surface area contributed by atoms with Crippen molar-refractivity contribution >= 4 is 17.3 Å². The molecule has 110 valence electrons. The number of amides is 1. The van der Waals surface area contributed by atoms with E-state index in [-0.39, 0.29) is 5.91 Å². The highest BCUT2D eigenvalue weighted by Gasteiger charge is 2.10. The molecule has 3 heteroatoms. The van der Waals surface area contributed by atoms with E-state index >= 15 is 0 Å². The van der Waals surface area contributed by atoms with E-state index in [2.05, 4.69) is 24.1 Å². The van der Waals surface area contributed by atoms with Crippen molar-refractivity contribution in [1.29, 1.82) is 0 Å². The monoisotopic (exact) mass is 282 g/mol. The van der Waals surface area contributed by atoms with Crippen molar-refractivity contribution in [1.82, 2.24) is 0 Å². The number of hydrogen-bond acceptors (Lipinski definition) is 2. The summed E-state index contributed by atoms with van der Waals surface area (Å²) in [5.41, 5.74) is 4.33. The van der Waals surface area contributed by atoms with Gasteiger partial charge in [-0.25, -0.2) is 0 Å². The maximum Gasteiger partial charge on any atom is 0.243 e. The van der Waals surface area contributed by atoms with Crippen molar-refractivity contribution in [3.8, 4) is 0 Å². The third-order valence-electron chi connectivity index (χ3n) is 3.63. The predicted octanol–water partition coefficient (Wildman–Crippen LogP) is 3.77. The van der Waals surface area contributed by atoms with E-state index in [9.17, 15) is 4.79 Å². The molecule has 2 rings (SSSR count). The molecule has 3 nitrogen and oxygen atoms in total. The summed E-state index contributed by atoms with van der Waals surface area (Å²) >= 11 is 0. The van der Waals surface area contributed by atoms with Crippen LogP contribution >= 0.6 is 0 Å². The van der Waals surface area contributed by atoms with Crippen LogP contribution < -0.4 is 10.2 Å². The summed E-state index contributed by atoms with van der Waals surface area (Å²) in [4.78, 5) is 14.3. The van der Waals surface area contributed by atoms with Crippen LogP contribution in [0.4, 0.5) is 11.4 Å². The van der Waals surface area contributed by atoms with Gasteiger partial charge in [0.05, 0.1) is 6.54 Å². The zero-order valence-corrected chi connectivity index (χ0v) is 12.9. The lowest BCUT2D eigenvalue weighted by atomic mass is 10.1. The molecule has 0 radical (unpaired) electrons. The third-order valence-corrected chi connectivity index (χ3v) is 3.63. The molecule has 0 saturated heterocycles. The van der Waals surface area contributed by atoms with E-state index in [0.29, 0.717) is 6.54 Å². The highest BCUT2D eigenvalue weighted by Crippen LogP contribution is 2.15. The molecular weight excluding hydrogens is 260 g/mol. The molecule has 1 N–H and O–H groups in total. The fourth-order valence-corrected chi connectivity index (χ4v) is 2.22. The Bertz CT molecular complexity index is 608. The summed E-state index contributed by atoms with van der Waals surface area (Å²) in [5.74, 6) is 0.00366. The normalized spacial score (nSPS) is 10.2. The molecule has 21 heavy (non-hydrogen) atoms. The summed E-state index contributed by atoms with van der Waals surface area (Å²) in [6, 6.07) is 16.0. The molecule has 0 aliphatic heterocycles. The number of hydrogen-bond donors (Lipinski definition) is 1. The van der Waals surface area contributed by atoms with Crippen LogP contribution in [0.3, 0.4) is 0 Å². The molecule has 0 heterocycles. The van der Waals surface area contributed by atoms with Crippen molar-refractivity contribution in [2.45, 2.75) is 20.8 Å². The molecular formula is C18H22N2O. The van der Waals surface area contributed by atoms with Gasteiger partial charge in [0.1, 0.15) is 0 Å². The molecule has 0 aliphatic rings. The SMILES string of the molecule is CCN(CC(=O)Nc1ccc(C)c(C)c1)c1ccccc1. The molecule has 0 atom stereocenters. The first-order chi connectivity index (χ1) is 10.1. The molecule has 0 unspecified atom stereocenters. The molecule has 0 saturated carbocycles. The zero-order valence-electron chi connectivity index (χ0n) is 12.9. The van der Waals surface area contributed by atoms with Crippen molar-refractivity contribution in [2.75, 3.05) is 23.3 Å². The lowest BCUT2D eigenvalue weighted by Gasteiger charge is -2.22. The number of likely N-dealkylation sites (N-methyl/N-ethyl adjacent to an activating group) is 1. The van der Waals surface area contributed by atoms with Gasteiger partial charge in [-0.2, -0.15) is 0 Å². The van der Waals surface area contributed by atoms with Gasteiger partial charge < -0.3 is 10.2 Å². The Morgan fingerprint density at radius 3 is 2.38 bits per heavy atom. The van der Waals surface area contributed by atoms with Crippen LogP contribution in [0, 0.1) is 13.8 Å². The Morgan fingerprint density at radius 1 is 1.05 bits per heavy atom. The minimum atomic E-state index is 0.00366. The fourth-order valence-electron chi connectivity index (χ4n) is 2.22. The number of nitrogens with one attached hydrogen (secondary N) is 1. The van der Waals surface area contributed by atoms with Crippen molar-refractivity contribution in [3.63, 3.8) is 0 Å². The summed E-state index contributed by atoms with van der Waals surface area (Å²) in [5, 5.41) is 2.96. The standard InChI is InChI=1S/C18H22N2O/c1-4-20(17-8-6-5-7-9-17)13-18(21)19-16-11-10-14(2)15(3)12-16/h5-12H,4,13H2,1-3H3,(H,19,21). The number of carbonyl (C=O) groups excluding carboxylic acids is 1. The van der Waals surface area contributed by atoms with E-state index in [1.807, 2.05) is 55.5 Å². The maximum absolute atomic E-state index is 12.2. The van der Waals surface area contributed by atoms with Crippen LogP contribution in [0.1, 0.15) is 18.1 Å². The minimum absolute atomic E-state index is 0.00366. The van der Waals surface area contributed by atoms with Crippen LogP contribution in [0.25, 0.3) is 0 Å². The Labute approximate surface area is 126 Å². The van der Waals surface area contributed by atoms with E-state index in [1.165, 1.54) is 11.1 Å². The average Bonchev–Trinajstić information content (AvgIpc) is 2.49. The Morgan fingerprint density at radius 2 is 1.76 bits per heavy atom. The van der Waals surface area contributed by atoms with Gasteiger partial charge >= 0.3 is 0 Å². The lowest BCUT2D eigenvalue weighted by molar-refractivity contribution is -0.115. The van der Waals surface area contributed by atoms with E-state index in [4.69, 9.17) is 0 Å². The third kappa shape index (κ3) is 4.09. The van der Waals surface area contributed by atoms with Gasteiger partial charge in [-0.05, 0) is 56.2 Å². The first-order valence-corrected chi connectivity index (χ1v) is 7.27. The average molecular weight is 282 g/mol. The summed E-state index contributed by atoms with van der Waals surface area (Å²) in [7, 11) is 0. The van der Waals surface area contributed by atoms with E-state index < -0.39 is 0 Å². The summed E-state index contributed by atoms with van der Waals surface area (Å²) < 4.78 is 0. The van der Waals surface area contributed by atoms with Crippen LogP contribution in [0.5, 0.6) is 0 Å². The first-order valence-electron chi connectivity index (χ1n) is 7.27. The van der Waals surface area contributed by atoms with Crippen molar-refractivity contribution in [2.24, 2.45) is 0 Å². The Balaban J connectivity index is 2.01. The highest BCUT2D eigenvalue weighted by atomic mass is 16.2. The molecule has 2 aromatic carbocycles. The summed E-state index contributed by atoms with van der Waals surface area (Å²) in [6.45, 7) is 7.32. The highest BCUT2D eigenvalue weighted by molar-refractivity contribution is 5.94. The van der Waals surface area contributed by atoms with Crippen LogP contribution in [0.2, 0.25) is 0 Å². The molecule has 0 spiro atoms. The number of aryl methyl sites for hydroxylation is 2. The largest absolute Gasteiger partial charge is 0.362 e. The van der Waals surface area contributed by atoms with Crippen molar-refractivity contribution < 1.29 is 4.79 Å². The van der Waals surface area contributed by atoms with Gasteiger partial charge in [-0.1, -0.05) is 24.3 Å². The van der Waals surface area contributed by atoms with Gasteiger partial charge in [-0.15, -0.1) is 0 Å². The topological polar surface area (TPSA) is 32.3 Å². The van der Waals surface area contributed by atoms with E-state index in [0.717, 1.165) is 17.9 Å². The Kier molecular flexibility index (Phi) is 4.99. The van der Waals surface area contributed by atoms with Gasteiger partial charge in [-0.3, -0.25) is 4.79 Å². The number of nitrogens with zero attached hydrogens (tertiary/aromatic N) is 1. The van der Waals surface area contributed by atoms with E-state index in [1.54, 1.807) is 0 Å². The second-order valence-electron chi connectivity index (χ2n) is 5.20.